The normalized spacial score (nSPS) is 11.9. The first-order valence-corrected chi connectivity index (χ1v) is 6.77. The van der Waals surface area contributed by atoms with Crippen LogP contribution >= 0.6 is 27.5 Å². The third kappa shape index (κ3) is 3.68. The van der Waals surface area contributed by atoms with Crippen LogP contribution in [0.3, 0.4) is 0 Å². The Kier molecular flexibility index (Phi) is 5.55. The van der Waals surface area contributed by atoms with Crippen LogP contribution in [-0.4, -0.2) is 22.2 Å². The maximum atomic E-state index is 12.0. The Hall–Kier alpha value is -1.14. The number of nitro groups is 1. The third-order valence-corrected chi connectivity index (χ3v) is 3.11. The van der Waals surface area contributed by atoms with Crippen LogP contribution in [0.5, 0.6) is 0 Å². The number of carbonyl (C=O) groups excluding carboxylic acids is 1. The quantitative estimate of drug-likeness (QED) is 0.510. The highest BCUT2D eigenvalue weighted by molar-refractivity contribution is 9.09. The van der Waals surface area contributed by atoms with Gasteiger partial charge in [-0.15, -0.1) is 0 Å². The first-order chi connectivity index (χ1) is 8.47. The van der Waals surface area contributed by atoms with E-state index in [1.807, 2.05) is 6.92 Å². The number of rotatable bonds is 5. The molecule has 1 rings (SSSR count). The lowest BCUT2D eigenvalue weighted by Crippen LogP contribution is -2.33. The Morgan fingerprint density at radius 3 is 2.83 bits per heavy atom. The zero-order valence-electron chi connectivity index (χ0n) is 9.65. The molecule has 0 bridgehead atoms. The molecule has 0 aliphatic carbocycles. The smallest absolute Gasteiger partial charge is 0.283 e. The molecule has 0 saturated carbocycles. The first kappa shape index (κ1) is 14.9. The number of hydrogen-bond donors (Lipinski definition) is 1. The summed E-state index contributed by atoms with van der Waals surface area (Å²) in [7, 11) is 0. The molecule has 0 saturated heterocycles. The number of nitrogens with one attached hydrogen (secondary N) is 1. The van der Waals surface area contributed by atoms with E-state index in [4.69, 9.17) is 11.6 Å². The topological polar surface area (TPSA) is 72.2 Å². The fourth-order valence-corrected chi connectivity index (χ4v) is 2.36. The zero-order chi connectivity index (χ0) is 13.7. The predicted octanol–water partition coefficient (Wildman–Crippen LogP) is 3.15. The molecule has 1 unspecified atom stereocenters. The van der Waals surface area contributed by atoms with Gasteiger partial charge in [-0.3, -0.25) is 14.9 Å². The Bertz CT molecular complexity index is 468. The van der Waals surface area contributed by atoms with Gasteiger partial charge in [-0.2, -0.15) is 0 Å². The predicted molar refractivity (Wildman–Crippen MR) is 73.4 cm³/mol. The number of hydrogen-bond acceptors (Lipinski definition) is 3. The Balaban J connectivity index is 3.01. The molecule has 0 aromatic heterocycles. The number of nitro benzene ring substituents is 1. The average Bonchev–Trinajstić information content (AvgIpc) is 2.28. The molecule has 0 fully saturated rings. The van der Waals surface area contributed by atoms with Crippen LogP contribution in [0.2, 0.25) is 5.02 Å². The number of alkyl halides is 1. The molecule has 5 nitrogen and oxygen atoms in total. The Morgan fingerprint density at radius 2 is 2.28 bits per heavy atom. The molecule has 98 valence electrons. The summed E-state index contributed by atoms with van der Waals surface area (Å²) in [6.07, 6.45) is 0.726. The molecule has 0 heterocycles. The molecule has 1 atom stereocenters. The second kappa shape index (κ2) is 6.70. The van der Waals surface area contributed by atoms with E-state index in [-0.39, 0.29) is 22.3 Å². The molecule has 1 N–H and O–H groups in total. The molecule has 0 spiro atoms. The lowest BCUT2D eigenvalue weighted by atomic mass is 10.1. The minimum atomic E-state index is -0.615. The lowest BCUT2D eigenvalue weighted by Gasteiger charge is -2.13. The highest BCUT2D eigenvalue weighted by atomic mass is 79.9. The zero-order valence-corrected chi connectivity index (χ0v) is 12.0. The third-order valence-electron chi connectivity index (χ3n) is 2.33. The van der Waals surface area contributed by atoms with Gasteiger partial charge in [0, 0.05) is 17.4 Å². The highest BCUT2D eigenvalue weighted by Crippen LogP contribution is 2.26. The van der Waals surface area contributed by atoms with Gasteiger partial charge >= 0.3 is 0 Å². The van der Waals surface area contributed by atoms with E-state index in [1.54, 1.807) is 0 Å². The molecule has 1 aromatic carbocycles. The summed E-state index contributed by atoms with van der Waals surface area (Å²) in [6, 6.07) is 4.07. The Labute approximate surface area is 118 Å². The van der Waals surface area contributed by atoms with Gasteiger partial charge in [-0.05, 0) is 19.4 Å². The van der Waals surface area contributed by atoms with E-state index < -0.39 is 10.8 Å². The maximum Gasteiger partial charge on any atom is 0.283 e. The number of nitrogens with zero attached hydrogens (tertiary/aromatic N) is 1. The summed E-state index contributed by atoms with van der Waals surface area (Å²) >= 11 is 9.12. The van der Waals surface area contributed by atoms with Crippen molar-refractivity contribution in [2.24, 2.45) is 0 Å². The second-order valence-corrected chi connectivity index (χ2v) is 4.94. The highest BCUT2D eigenvalue weighted by Gasteiger charge is 2.23. The van der Waals surface area contributed by atoms with Crippen molar-refractivity contribution in [3.63, 3.8) is 0 Å². The molecule has 0 radical (unpaired) electrons. The van der Waals surface area contributed by atoms with Crippen molar-refractivity contribution in [2.45, 2.75) is 19.4 Å². The fourth-order valence-electron chi connectivity index (χ4n) is 1.42. The van der Waals surface area contributed by atoms with Gasteiger partial charge in [0.2, 0.25) is 0 Å². The van der Waals surface area contributed by atoms with Gasteiger partial charge in [0.15, 0.2) is 0 Å². The van der Waals surface area contributed by atoms with Gasteiger partial charge in [0.25, 0.3) is 11.6 Å². The first-order valence-electron chi connectivity index (χ1n) is 5.27. The number of halogens is 2. The number of amides is 1. The lowest BCUT2D eigenvalue weighted by molar-refractivity contribution is -0.385. The van der Waals surface area contributed by atoms with E-state index >= 15 is 0 Å². The molecule has 0 aliphatic rings. The van der Waals surface area contributed by atoms with Crippen molar-refractivity contribution in [2.75, 3.05) is 5.33 Å². The van der Waals surface area contributed by atoms with Crippen LogP contribution in [-0.2, 0) is 0 Å². The summed E-state index contributed by atoms with van der Waals surface area (Å²) in [4.78, 5) is 22.2. The van der Waals surface area contributed by atoms with Crippen LogP contribution < -0.4 is 5.32 Å². The van der Waals surface area contributed by atoms with Crippen LogP contribution in [0.1, 0.15) is 23.7 Å². The van der Waals surface area contributed by atoms with Crippen LogP contribution in [0.25, 0.3) is 0 Å². The van der Waals surface area contributed by atoms with Crippen molar-refractivity contribution in [1.29, 1.82) is 0 Å². The van der Waals surface area contributed by atoms with Crippen molar-refractivity contribution < 1.29 is 9.72 Å². The molecule has 18 heavy (non-hydrogen) atoms. The summed E-state index contributed by atoms with van der Waals surface area (Å²) < 4.78 is 0. The molecular formula is C11H12BrClN2O3. The maximum absolute atomic E-state index is 12.0. The largest absolute Gasteiger partial charge is 0.349 e. The minimum Gasteiger partial charge on any atom is -0.349 e. The van der Waals surface area contributed by atoms with Crippen molar-refractivity contribution in [1.82, 2.24) is 5.32 Å². The standard InChI is InChI=1S/C11H12BrClN2O3/c1-7(5-6-12)14-11(16)10-8(13)3-2-4-9(10)15(17)18/h2-4,7H,5-6H2,1H3,(H,14,16). The summed E-state index contributed by atoms with van der Waals surface area (Å²) in [5, 5.41) is 14.3. The number of carbonyl (C=O) groups is 1. The van der Waals surface area contributed by atoms with E-state index in [0.29, 0.717) is 0 Å². The Morgan fingerprint density at radius 1 is 1.61 bits per heavy atom. The monoisotopic (exact) mass is 334 g/mol. The van der Waals surface area contributed by atoms with Crippen molar-refractivity contribution in [3.8, 4) is 0 Å². The second-order valence-electron chi connectivity index (χ2n) is 3.74. The molecular weight excluding hydrogens is 323 g/mol. The van der Waals surface area contributed by atoms with E-state index in [1.165, 1.54) is 18.2 Å². The van der Waals surface area contributed by atoms with E-state index in [2.05, 4.69) is 21.2 Å². The number of benzene rings is 1. The van der Waals surface area contributed by atoms with Gasteiger partial charge in [0.1, 0.15) is 5.56 Å². The average molecular weight is 336 g/mol. The molecule has 0 aliphatic heterocycles. The molecule has 7 heteroatoms. The van der Waals surface area contributed by atoms with Crippen molar-refractivity contribution >= 4 is 39.1 Å². The molecule has 1 amide bonds. The fraction of sp³-hybridized carbons (Fsp3) is 0.364. The van der Waals surface area contributed by atoms with Crippen LogP contribution in [0, 0.1) is 10.1 Å². The van der Waals surface area contributed by atoms with E-state index in [9.17, 15) is 14.9 Å². The SMILES string of the molecule is CC(CCBr)NC(=O)c1c(Cl)cccc1[N+](=O)[O-]. The van der Waals surface area contributed by atoms with Gasteiger partial charge in [-0.1, -0.05) is 33.6 Å². The van der Waals surface area contributed by atoms with Crippen LogP contribution in [0.4, 0.5) is 5.69 Å². The summed E-state index contributed by atoms with van der Waals surface area (Å²) in [5.41, 5.74) is -0.378. The van der Waals surface area contributed by atoms with Gasteiger partial charge in [0.05, 0.1) is 9.95 Å². The van der Waals surface area contributed by atoms with Gasteiger partial charge in [-0.25, -0.2) is 0 Å². The summed E-state index contributed by atoms with van der Waals surface area (Å²) in [6.45, 7) is 1.82. The van der Waals surface area contributed by atoms with E-state index in [0.717, 1.165) is 11.8 Å². The minimum absolute atomic E-state index is 0.0766. The van der Waals surface area contributed by atoms with Crippen molar-refractivity contribution in [3.05, 3.63) is 38.9 Å². The molecule has 1 aromatic rings. The van der Waals surface area contributed by atoms with Crippen LogP contribution in [0.15, 0.2) is 18.2 Å². The van der Waals surface area contributed by atoms with Gasteiger partial charge < -0.3 is 5.32 Å². The summed E-state index contributed by atoms with van der Waals surface area (Å²) in [5.74, 6) is -0.527.